The highest BCUT2D eigenvalue weighted by molar-refractivity contribution is 7.98. The van der Waals surface area contributed by atoms with E-state index in [0.717, 1.165) is 36.8 Å². The predicted octanol–water partition coefficient (Wildman–Crippen LogP) is 5.69. The minimum absolute atomic E-state index is 0.883. The van der Waals surface area contributed by atoms with Crippen LogP contribution in [0, 0.1) is 0 Å². The van der Waals surface area contributed by atoms with Crippen LogP contribution in [0.25, 0.3) is 0 Å². The molecule has 1 aromatic heterocycles. The van der Waals surface area contributed by atoms with Crippen molar-refractivity contribution in [2.24, 2.45) is 4.99 Å². The lowest BCUT2D eigenvalue weighted by atomic mass is 10.0. The van der Waals surface area contributed by atoms with Gasteiger partial charge < -0.3 is 10.2 Å². The van der Waals surface area contributed by atoms with Crippen LogP contribution in [0.5, 0.6) is 0 Å². The molecule has 0 fully saturated rings. The standard InChI is InChI=1S/C22H30N4S/c1-4-5-10-24-19-14-18-8-6-7-12-26(22(18)20(15-19)23-2)16-17-9-11-25-21(13-17)27-3/h9,11,13-15,24H,2,4-8,10,12,16H2,1,3H3. The summed E-state index contributed by atoms with van der Waals surface area (Å²) in [6, 6.07) is 8.78. The maximum Gasteiger partial charge on any atom is 0.0960 e. The Bertz CT molecular complexity index is 775. The fourth-order valence-corrected chi connectivity index (χ4v) is 4.07. The minimum atomic E-state index is 0.883. The Labute approximate surface area is 167 Å². The third-order valence-electron chi connectivity index (χ3n) is 5.02. The van der Waals surface area contributed by atoms with Crippen LogP contribution in [-0.4, -0.2) is 31.0 Å². The number of benzene rings is 1. The van der Waals surface area contributed by atoms with E-state index in [0.29, 0.717) is 0 Å². The van der Waals surface area contributed by atoms with E-state index in [9.17, 15) is 0 Å². The van der Waals surface area contributed by atoms with Gasteiger partial charge in [-0.1, -0.05) is 13.3 Å². The number of aliphatic imine (C=N–C) groups is 1. The highest BCUT2D eigenvalue weighted by atomic mass is 32.2. The molecule has 0 saturated heterocycles. The predicted molar refractivity (Wildman–Crippen MR) is 119 cm³/mol. The number of aryl methyl sites for hydroxylation is 1. The van der Waals surface area contributed by atoms with Crippen molar-refractivity contribution in [3.8, 4) is 0 Å². The van der Waals surface area contributed by atoms with Crippen molar-refractivity contribution >= 4 is 35.5 Å². The van der Waals surface area contributed by atoms with Crippen LogP contribution in [0.3, 0.4) is 0 Å². The van der Waals surface area contributed by atoms with E-state index in [1.54, 1.807) is 11.8 Å². The number of rotatable bonds is 8. The van der Waals surface area contributed by atoms with Gasteiger partial charge in [-0.3, -0.25) is 4.99 Å². The van der Waals surface area contributed by atoms with Gasteiger partial charge in [-0.05, 0) is 74.0 Å². The van der Waals surface area contributed by atoms with E-state index in [4.69, 9.17) is 0 Å². The molecule has 0 saturated carbocycles. The van der Waals surface area contributed by atoms with Gasteiger partial charge in [0.15, 0.2) is 0 Å². The van der Waals surface area contributed by atoms with Crippen molar-refractivity contribution in [1.29, 1.82) is 0 Å². The van der Waals surface area contributed by atoms with E-state index in [2.05, 4.69) is 64.4 Å². The summed E-state index contributed by atoms with van der Waals surface area (Å²) < 4.78 is 0. The Morgan fingerprint density at radius 1 is 1.30 bits per heavy atom. The highest BCUT2D eigenvalue weighted by Gasteiger charge is 2.20. The van der Waals surface area contributed by atoms with E-state index < -0.39 is 0 Å². The topological polar surface area (TPSA) is 40.5 Å². The first kappa shape index (κ1) is 19.7. The van der Waals surface area contributed by atoms with Crippen molar-refractivity contribution in [3.63, 3.8) is 0 Å². The Morgan fingerprint density at radius 2 is 2.19 bits per heavy atom. The van der Waals surface area contributed by atoms with Gasteiger partial charge in [0.25, 0.3) is 0 Å². The number of nitrogens with zero attached hydrogens (tertiary/aromatic N) is 3. The first-order chi connectivity index (χ1) is 13.2. The minimum Gasteiger partial charge on any atom is -0.385 e. The SMILES string of the molecule is C=Nc1cc(NCCCC)cc2c1N(Cc1ccnc(SC)c1)CCCC2. The zero-order valence-electron chi connectivity index (χ0n) is 16.5. The van der Waals surface area contributed by atoms with E-state index >= 15 is 0 Å². The molecular formula is C22H30N4S. The first-order valence-corrected chi connectivity index (χ1v) is 11.1. The Kier molecular flexibility index (Phi) is 7.16. The molecule has 0 amide bonds. The number of nitrogens with one attached hydrogen (secondary N) is 1. The number of pyridine rings is 1. The van der Waals surface area contributed by atoms with Crippen LogP contribution < -0.4 is 10.2 Å². The molecule has 144 valence electrons. The maximum atomic E-state index is 4.40. The maximum absolute atomic E-state index is 4.40. The van der Waals surface area contributed by atoms with E-state index in [1.807, 2.05) is 6.20 Å². The molecule has 1 aromatic carbocycles. The second-order valence-corrected chi connectivity index (χ2v) is 7.85. The first-order valence-electron chi connectivity index (χ1n) is 9.86. The van der Waals surface area contributed by atoms with Crippen LogP contribution in [0.2, 0.25) is 0 Å². The molecule has 0 radical (unpaired) electrons. The summed E-state index contributed by atoms with van der Waals surface area (Å²) in [7, 11) is 0. The van der Waals surface area contributed by atoms with Gasteiger partial charge in [0, 0.05) is 31.5 Å². The van der Waals surface area contributed by atoms with Gasteiger partial charge in [0.1, 0.15) is 0 Å². The highest BCUT2D eigenvalue weighted by Crippen LogP contribution is 2.39. The zero-order valence-corrected chi connectivity index (χ0v) is 17.3. The lowest BCUT2D eigenvalue weighted by molar-refractivity contribution is 0.713. The molecule has 1 N–H and O–H groups in total. The number of aromatic nitrogens is 1. The molecule has 0 unspecified atom stereocenters. The number of fused-ring (bicyclic) bond motifs is 1. The average molecular weight is 383 g/mol. The van der Waals surface area contributed by atoms with Gasteiger partial charge in [-0.15, -0.1) is 11.8 Å². The molecule has 2 heterocycles. The molecule has 0 atom stereocenters. The molecule has 0 bridgehead atoms. The zero-order chi connectivity index (χ0) is 19.1. The molecule has 2 aromatic rings. The second kappa shape index (κ2) is 9.79. The number of hydrogen-bond donors (Lipinski definition) is 1. The van der Waals surface area contributed by atoms with Crippen molar-refractivity contribution in [1.82, 2.24) is 4.98 Å². The van der Waals surface area contributed by atoms with Crippen molar-refractivity contribution in [2.75, 3.05) is 29.6 Å². The summed E-state index contributed by atoms with van der Waals surface area (Å²) in [6.07, 6.45) is 9.87. The smallest absolute Gasteiger partial charge is 0.0960 e. The van der Waals surface area contributed by atoms with Crippen molar-refractivity contribution in [2.45, 2.75) is 50.6 Å². The Balaban J connectivity index is 1.90. The number of thioether (sulfide) groups is 1. The van der Waals surface area contributed by atoms with Crippen LogP contribution in [0.4, 0.5) is 17.1 Å². The van der Waals surface area contributed by atoms with Crippen LogP contribution in [0.1, 0.15) is 43.7 Å². The number of unbranched alkanes of at least 4 members (excludes halogenated alkanes) is 1. The monoisotopic (exact) mass is 382 g/mol. The molecule has 27 heavy (non-hydrogen) atoms. The molecule has 4 nitrogen and oxygen atoms in total. The lowest BCUT2D eigenvalue weighted by Crippen LogP contribution is -2.24. The summed E-state index contributed by atoms with van der Waals surface area (Å²) in [5.74, 6) is 0. The van der Waals surface area contributed by atoms with Gasteiger partial charge in [-0.25, -0.2) is 4.98 Å². The second-order valence-electron chi connectivity index (χ2n) is 7.03. The Hall–Kier alpha value is -2.01. The van der Waals surface area contributed by atoms with Crippen molar-refractivity contribution in [3.05, 3.63) is 41.6 Å². The van der Waals surface area contributed by atoms with Crippen LogP contribution in [-0.2, 0) is 13.0 Å². The fraction of sp³-hybridized carbons (Fsp3) is 0.455. The molecule has 5 heteroatoms. The van der Waals surface area contributed by atoms with Gasteiger partial charge in [-0.2, -0.15) is 0 Å². The third kappa shape index (κ3) is 5.04. The molecule has 1 aliphatic rings. The van der Waals surface area contributed by atoms with Crippen molar-refractivity contribution < 1.29 is 0 Å². The number of hydrogen-bond acceptors (Lipinski definition) is 5. The summed E-state index contributed by atoms with van der Waals surface area (Å²) in [5, 5.41) is 4.62. The fourth-order valence-electron chi connectivity index (χ4n) is 3.63. The van der Waals surface area contributed by atoms with Gasteiger partial charge >= 0.3 is 0 Å². The summed E-state index contributed by atoms with van der Waals surface area (Å²) in [5.41, 5.74) is 6.09. The van der Waals surface area contributed by atoms with Crippen LogP contribution in [0.15, 0.2) is 40.5 Å². The average Bonchev–Trinajstić information content (AvgIpc) is 2.90. The molecule has 0 aliphatic carbocycles. The third-order valence-corrected chi connectivity index (χ3v) is 5.66. The largest absolute Gasteiger partial charge is 0.385 e. The van der Waals surface area contributed by atoms with Crippen LogP contribution >= 0.6 is 11.8 Å². The summed E-state index contributed by atoms with van der Waals surface area (Å²) >= 11 is 1.69. The summed E-state index contributed by atoms with van der Waals surface area (Å²) in [4.78, 5) is 11.3. The molecule has 1 aliphatic heterocycles. The molecule has 0 spiro atoms. The van der Waals surface area contributed by atoms with E-state index in [1.165, 1.54) is 48.2 Å². The lowest BCUT2D eigenvalue weighted by Gasteiger charge is -2.27. The summed E-state index contributed by atoms with van der Waals surface area (Å²) in [6.45, 7) is 9.01. The normalized spacial score (nSPS) is 13.8. The quantitative estimate of drug-likeness (QED) is 0.362. The van der Waals surface area contributed by atoms with Gasteiger partial charge in [0.05, 0.1) is 16.4 Å². The molecule has 3 rings (SSSR count). The van der Waals surface area contributed by atoms with E-state index in [-0.39, 0.29) is 0 Å². The number of anilines is 2. The Morgan fingerprint density at radius 3 is 2.96 bits per heavy atom. The molecular weight excluding hydrogens is 352 g/mol. The van der Waals surface area contributed by atoms with Gasteiger partial charge in [0.2, 0.25) is 0 Å².